The Morgan fingerprint density at radius 2 is 1.61 bits per heavy atom. The Bertz CT molecular complexity index is 628. The van der Waals surface area contributed by atoms with Crippen LogP contribution in [-0.2, 0) is 6.42 Å². The van der Waals surface area contributed by atoms with E-state index in [1.165, 1.54) is 11.1 Å². The number of aryl methyl sites for hydroxylation is 2. The van der Waals surface area contributed by atoms with Crippen LogP contribution < -0.4 is 14.8 Å². The normalized spacial score (nSPS) is 10.2. The lowest BCUT2D eigenvalue weighted by Gasteiger charge is -2.13. The largest absolute Gasteiger partial charge is 0.496 e. The molecule has 0 spiro atoms. The third kappa shape index (κ3) is 4.49. The first-order valence-electron chi connectivity index (χ1n) is 7.70. The molecule has 1 N–H and O–H groups in total. The number of ether oxygens (including phenoxy) is 2. The average molecular weight is 313 g/mol. The second-order valence-electron chi connectivity index (χ2n) is 5.38. The Morgan fingerprint density at radius 1 is 1.00 bits per heavy atom. The molecule has 0 unspecified atom stereocenters. The van der Waals surface area contributed by atoms with Gasteiger partial charge < -0.3 is 14.8 Å². The second kappa shape index (κ2) is 8.22. The molecule has 2 aromatic rings. The first kappa shape index (κ1) is 16.9. The van der Waals surface area contributed by atoms with Crippen LogP contribution in [0.5, 0.6) is 11.5 Å². The zero-order valence-electron chi connectivity index (χ0n) is 13.9. The van der Waals surface area contributed by atoms with E-state index in [9.17, 15) is 4.79 Å². The highest BCUT2D eigenvalue weighted by Gasteiger charge is 2.17. The van der Waals surface area contributed by atoms with E-state index in [4.69, 9.17) is 9.47 Å². The van der Waals surface area contributed by atoms with Crippen LogP contribution in [0.25, 0.3) is 0 Å². The molecular formula is C19H23NO3. The highest BCUT2D eigenvalue weighted by molar-refractivity contribution is 5.99. The summed E-state index contributed by atoms with van der Waals surface area (Å²) in [6.07, 6.45) is 1.82. The van der Waals surface area contributed by atoms with Crippen LogP contribution in [0, 0.1) is 6.92 Å². The minimum Gasteiger partial charge on any atom is -0.496 e. The molecule has 0 saturated carbocycles. The predicted molar refractivity (Wildman–Crippen MR) is 91.4 cm³/mol. The summed E-state index contributed by atoms with van der Waals surface area (Å²) in [6, 6.07) is 13.8. The number of amides is 1. The molecule has 0 aromatic heterocycles. The van der Waals surface area contributed by atoms with Crippen LogP contribution in [0.2, 0.25) is 0 Å². The maximum atomic E-state index is 12.4. The van der Waals surface area contributed by atoms with Crippen molar-refractivity contribution in [1.29, 1.82) is 0 Å². The van der Waals surface area contributed by atoms with Crippen molar-refractivity contribution in [2.45, 2.75) is 19.8 Å². The monoisotopic (exact) mass is 313 g/mol. The molecule has 0 aliphatic rings. The SMILES string of the molecule is COc1cccc(OC)c1C(=O)NCCCc1ccc(C)cc1. The van der Waals surface area contributed by atoms with E-state index in [1.807, 2.05) is 0 Å². The number of methoxy groups -OCH3 is 2. The van der Waals surface area contributed by atoms with Gasteiger partial charge in [0.05, 0.1) is 14.2 Å². The number of rotatable bonds is 7. The highest BCUT2D eigenvalue weighted by Crippen LogP contribution is 2.27. The number of carbonyl (C=O) groups is 1. The van der Waals surface area contributed by atoms with E-state index in [2.05, 4.69) is 36.5 Å². The van der Waals surface area contributed by atoms with E-state index in [-0.39, 0.29) is 5.91 Å². The fourth-order valence-corrected chi connectivity index (χ4v) is 2.41. The highest BCUT2D eigenvalue weighted by atomic mass is 16.5. The first-order valence-corrected chi connectivity index (χ1v) is 7.70. The number of nitrogens with one attached hydrogen (secondary N) is 1. The molecule has 0 radical (unpaired) electrons. The topological polar surface area (TPSA) is 47.6 Å². The smallest absolute Gasteiger partial charge is 0.258 e. The Balaban J connectivity index is 1.91. The molecule has 0 bridgehead atoms. The molecule has 2 aromatic carbocycles. The van der Waals surface area contributed by atoms with Gasteiger partial charge in [-0.1, -0.05) is 35.9 Å². The average Bonchev–Trinajstić information content (AvgIpc) is 2.59. The van der Waals surface area contributed by atoms with Gasteiger partial charge in [-0.15, -0.1) is 0 Å². The zero-order valence-corrected chi connectivity index (χ0v) is 13.9. The Labute approximate surface area is 137 Å². The third-order valence-corrected chi connectivity index (χ3v) is 3.70. The summed E-state index contributed by atoms with van der Waals surface area (Å²) in [7, 11) is 3.09. The summed E-state index contributed by atoms with van der Waals surface area (Å²) in [5.74, 6) is 0.851. The Morgan fingerprint density at radius 3 is 2.17 bits per heavy atom. The van der Waals surface area contributed by atoms with Crippen molar-refractivity contribution in [3.63, 3.8) is 0 Å². The van der Waals surface area contributed by atoms with Crippen LogP contribution in [-0.4, -0.2) is 26.7 Å². The lowest BCUT2D eigenvalue weighted by Crippen LogP contribution is -2.25. The van der Waals surface area contributed by atoms with Crippen LogP contribution in [0.15, 0.2) is 42.5 Å². The van der Waals surface area contributed by atoms with E-state index in [0.717, 1.165) is 12.8 Å². The predicted octanol–water partition coefficient (Wildman–Crippen LogP) is 3.37. The van der Waals surface area contributed by atoms with Gasteiger partial charge in [0, 0.05) is 6.54 Å². The van der Waals surface area contributed by atoms with Crippen LogP contribution in [0.1, 0.15) is 27.9 Å². The molecule has 1 amide bonds. The van der Waals surface area contributed by atoms with Gasteiger partial charge in [-0.25, -0.2) is 0 Å². The summed E-state index contributed by atoms with van der Waals surface area (Å²) in [5, 5.41) is 2.93. The maximum absolute atomic E-state index is 12.4. The molecule has 2 rings (SSSR count). The van der Waals surface area contributed by atoms with Gasteiger partial charge >= 0.3 is 0 Å². The molecule has 0 heterocycles. The lowest BCUT2D eigenvalue weighted by atomic mass is 10.1. The minimum absolute atomic E-state index is 0.178. The molecular weight excluding hydrogens is 290 g/mol. The Hall–Kier alpha value is -2.49. The summed E-state index contributed by atoms with van der Waals surface area (Å²) >= 11 is 0. The standard InChI is InChI=1S/C19H23NO3/c1-14-9-11-15(12-10-14)6-5-13-20-19(21)18-16(22-2)7-4-8-17(18)23-3/h4,7-12H,5-6,13H2,1-3H3,(H,20,21). The fourth-order valence-electron chi connectivity index (χ4n) is 2.41. The minimum atomic E-state index is -0.178. The van der Waals surface area contributed by atoms with Crippen LogP contribution >= 0.6 is 0 Å². The molecule has 4 nitrogen and oxygen atoms in total. The molecule has 0 saturated heterocycles. The van der Waals surface area contributed by atoms with Gasteiger partial charge in [0.2, 0.25) is 0 Å². The quantitative estimate of drug-likeness (QED) is 0.797. The van der Waals surface area contributed by atoms with Crippen molar-refractivity contribution in [2.75, 3.05) is 20.8 Å². The van der Waals surface area contributed by atoms with Gasteiger partial charge in [0.25, 0.3) is 5.91 Å². The Kier molecular flexibility index (Phi) is 6.03. The summed E-state index contributed by atoms with van der Waals surface area (Å²) < 4.78 is 10.5. The summed E-state index contributed by atoms with van der Waals surface area (Å²) in [5.41, 5.74) is 2.97. The molecule has 23 heavy (non-hydrogen) atoms. The van der Waals surface area contributed by atoms with Crippen molar-refractivity contribution < 1.29 is 14.3 Å². The van der Waals surface area contributed by atoms with Crippen molar-refractivity contribution in [3.8, 4) is 11.5 Å². The van der Waals surface area contributed by atoms with E-state index >= 15 is 0 Å². The molecule has 0 aliphatic carbocycles. The molecule has 0 fully saturated rings. The number of benzene rings is 2. The zero-order chi connectivity index (χ0) is 16.7. The van der Waals surface area contributed by atoms with E-state index < -0.39 is 0 Å². The van der Waals surface area contributed by atoms with Crippen molar-refractivity contribution >= 4 is 5.91 Å². The molecule has 0 aliphatic heterocycles. The van der Waals surface area contributed by atoms with Gasteiger partial charge in [0.15, 0.2) is 0 Å². The third-order valence-electron chi connectivity index (χ3n) is 3.70. The second-order valence-corrected chi connectivity index (χ2v) is 5.38. The summed E-state index contributed by atoms with van der Waals surface area (Å²) in [6.45, 7) is 2.68. The maximum Gasteiger partial charge on any atom is 0.258 e. The van der Waals surface area contributed by atoms with Crippen LogP contribution in [0.3, 0.4) is 0 Å². The first-order chi connectivity index (χ1) is 11.2. The number of hydrogen-bond acceptors (Lipinski definition) is 3. The van der Waals surface area contributed by atoms with E-state index in [0.29, 0.717) is 23.6 Å². The van der Waals surface area contributed by atoms with Gasteiger partial charge in [-0.2, -0.15) is 0 Å². The molecule has 4 heteroatoms. The van der Waals surface area contributed by atoms with Gasteiger partial charge in [-0.3, -0.25) is 4.79 Å². The van der Waals surface area contributed by atoms with Gasteiger partial charge in [-0.05, 0) is 37.5 Å². The summed E-state index contributed by atoms with van der Waals surface area (Å²) in [4.78, 5) is 12.4. The lowest BCUT2D eigenvalue weighted by molar-refractivity contribution is 0.0947. The van der Waals surface area contributed by atoms with Crippen LogP contribution in [0.4, 0.5) is 0 Å². The molecule has 0 atom stereocenters. The van der Waals surface area contributed by atoms with E-state index in [1.54, 1.807) is 32.4 Å². The van der Waals surface area contributed by atoms with Crippen molar-refractivity contribution in [1.82, 2.24) is 5.32 Å². The van der Waals surface area contributed by atoms with Gasteiger partial charge in [0.1, 0.15) is 17.1 Å². The van der Waals surface area contributed by atoms with Crippen molar-refractivity contribution in [3.05, 3.63) is 59.2 Å². The van der Waals surface area contributed by atoms with Crippen molar-refractivity contribution in [2.24, 2.45) is 0 Å². The molecule has 122 valence electrons. The number of carbonyl (C=O) groups excluding carboxylic acids is 1. The number of hydrogen-bond donors (Lipinski definition) is 1. The fraction of sp³-hybridized carbons (Fsp3) is 0.316.